The Kier molecular flexibility index (Phi) is 3.66. The molecule has 1 N–H and O–H groups in total. The first-order valence-corrected chi connectivity index (χ1v) is 5.90. The molecule has 0 saturated carbocycles. The Hall–Kier alpha value is -2.24. The molecule has 6 heteroatoms. The van der Waals surface area contributed by atoms with Gasteiger partial charge in [0.2, 0.25) is 5.95 Å². The second-order valence-electron chi connectivity index (χ2n) is 3.70. The van der Waals surface area contributed by atoms with Crippen LogP contribution in [0.2, 0.25) is 0 Å². The molecule has 0 spiro atoms. The van der Waals surface area contributed by atoms with Crippen molar-refractivity contribution < 1.29 is 0 Å². The van der Waals surface area contributed by atoms with Crippen LogP contribution in [0.5, 0.6) is 0 Å². The van der Waals surface area contributed by atoms with E-state index in [1.54, 1.807) is 6.20 Å². The molecule has 0 saturated heterocycles. The Labute approximate surface area is 105 Å². The highest BCUT2D eigenvalue weighted by Crippen LogP contribution is 2.09. The number of aromatic nitrogens is 4. The van der Waals surface area contributed by atoms with E-state index in [0.717, 1.165) is 12.0 Å². The van der Waals surface area contributed by atoms with E-state index in [4.69, 9.17) is 0 Å². The first kappa shape index (κ1) is 12.2. The van der Waals surface area contributed by atoms with Gasteiger partial charge in [-0.2, -0.15) is 4.98 Å². The molecule has 0 amide bonds. The van der Waals surface area contributed by atoms with Crippen LogP contribution in [0.15, 0.2) is 29.5 Å². The van der Waals surface area contributed by atoms with E-state index >= 15 is 0 Å². The van der Waals surface area contributed by atoms with Crippen LogP contribution < -0.4 is 11.0 Å². The fourth-order valence-corrected chi connectivity index (χ4v) is 1.65. The van der Waals surface area contributed by atoms with Gasteiger partial charge in [-0.25, -0.2) is 19.3 Å². The van der Waals surface area contributed by atoms with E-state index in [0.29, 0.717) is 18.3 Å². The van der Waals surface area contributed by atoms with Crippen molar-refractivity contribution in [1.29, 1.82) is 0 Å². The molecule has 94 valence electrons. The number of anilines is 1. The summed E-state index contributed by atoms with van der Waals surface area (Å²) in [5.74, 6) is 0.931. The van der Waals surface area contributed by atoms with Crippen LogP contribution in [0.25, 0.3) is 5.82 Å². The largest absolute Gasteiger partial charge is 0.357 e. The third-order valence-electron chi connectivity index (χ3n) is 2.51. The zero-order chi connectivity index (χ0) is 13.0. The van der Waals surface area contributed by atoms with Crippen molar-refractivity contribution in [3.63, 3.8) is 0 Å². The molecule has 0 aromatic carbocycles. The minimum Gasteiger partial charge on any atom is -0.354 e. The van der Waals surface area contributed by atoms with Gasteiger partial charge in [0.05, 0.1) is 0 Å². The van der Waals surface area contributed by atoms with Gasteiger partial charge in [-0.05, 0) is 25.0 Å². The molecule has 0 fully saturated rings. The van der Waals surface area contributed by atoms with E-state index < -0.39 is 0 Å². The Balaban J connectivity index is 2.48. The molecule has 0 atom stereocenters. The summed E-state index contributed by atoms with van der Waals surface area (Å²) in [7, 11) is 0. The molecule has 2 aromatic heterocycles. The SMILES string of the molecule is CCNc1ncn(-c2ncccc2CC)c(=O)n1. The van der Waals surface area contributed by atoms with Crippen LogP contribution in [0, 0.1) is 0 Å². The lowest BCUT2D eigenvalue weighted by atomic mass is 10.2. The van der Waals surface area contributed by atoms with Gasteiger partial charge in [-0.1, -0.05) is 13.0 Å². The molecule has 0 unspecified atom stereocenters. The van der Waals surface area contributed by atoms with E-state index in [1.807, 2.05) is 26.0 Å². The second kappa shape index (κ2) is 5.39. The number of nitrogens with zero attached hydrogens (tertiary/aromatic N) is 4. The molecule has 0 aliphatic rings. The van der Waals surface area contributed by atoms with Crippen molar-refractivity contribution >= 4 is 5.95 Å². The van der Waals surface area contributed by atoms with Gasteiger partial charge in [-0.3, -0.25) is 0 Å². The van der Waals surface area contributed by atoms with Gasteiger partial charge in [-0.15, -0.1) is 0 Å². The van der Waals surface area contributed by atoms with Crippen molar-refractivity contribution in [1.82, 2.24) is 19.5 Å². The number of nitrogens with one attached hydrogen (secondary N) is 1. The number of hydrogen-bond acceptors (Lipinski definition) is 5. The van der Waals surface area contributed by atoms with Crippen molar-refractivity contribution in [2.75, 3.05) is 11.9 Å². The number of pyridine rings is 1. The standard InChI is InChI=1S/C12H15N5O/c1-3-9-6-5-7-14-10(9)17-8-15-11(13-4-2)16-12(17)18/h5-8H,3-4H2,1-2H3,(H,13,16,18). The van der Waals surface area contributed by atoms with Crippen molar-refractivity contribution in [2.24, 2.45) is 0 Å². The van der Waals surface area contributed by atoms with Crippen molar-refractivity contribution in [3.05, 3.63) is 40.7 Å². The summed E-state index contributed by atoms with van der Waals surface area (Å²) in [6.07, 6.45) is 3.90. The topological polar surface area (TPSA) is 72.7 Å². The summed E-state index contributed by atoms with van der Waals surface area (Å²) >= 11 is 0. The third kappa shape index (κ3) is 2.37. The van der Waals surface area contributed by atoms with Crippen LogP contribution in [0.3, 0.4) is 0 Å². The molecule has 18 heavy (non-hydrogen) atoms. The van der Waals surface area contributed by atoms with Crippen LogP contribution in [0.1, 0.15) is 19.4 Å². The quantitative estimate of drug-likeness (QED) is 0.870. The lowest BCUT2D eigenvalue weighted by Gasteiger charge is -2.08. The summed E-state index contributed by atoms with van der Waals surface area (Å²) in [5, 5.41) is 2.90. The van der Waals surface area contributed by atoms with E-state index in [-0.39, 0.29) is 5.69 Å². The summed E-state index contributed by atoms with van der Waals surface area (Å²) in [5.41, 5.74) is 0.605. The predicted octanol–water partition coefficient (Wildman–Crippen LogP) is 1.02. The summed E-state index contributed by atoms with van der Waals surface area (Å²) in [6.45, 7) is 4.61. The summed E-state index contributed by atoms with van der Waals surface area (Å²) < 4.78 is 1.36. The lowest BCUT2D eigenvalue weighted by Crippen LogP contribution is -2.25. The molecule has 0 radical (unpaired) electrons. The first-order chi connectivity index (χ1) is 8.76. The zero-order valence-electron chi connectivity index (χ0n) is 10.4. The molecule has 0 aliphatic heterocycles. The Morgan fingerprint density at radius 1 is 1.33 bits per heavy atom. The smallest absolute Gasteiger partial charge is 0.354 e. The fourth-order valence-electron chi connectivity index (χ4n) is 1.65. The van der Waals surface area contributed by atoms with Gasteiger partial charge in [0.25, 0.3) is 0 Å². The number of aryl methyl sites for hydroxylation is 1. The molecule has 2 aromatic rings. The lowest BCUT2D eigenvalue weighted by molar-refractivity contribution is 0.820. The molecule has 0 bridgehead atoms. The van der Waals surface area contributed by atoms with Gasteiger partial charge < -0.3 is 5.32 Å². The monoisotopic (exact) mass is 245 g/mol. The van der Waals surface area contributed by atoms with Crippen LogP contribution in [0.4, 0.5) is 5.95 Å². The van der Waals surface area contributed by atoms with Crippen LogP contribution in [-0.2, 0) is 6.42 Å². The predicted molar refractivity (Wildman–Crippen MR) is 69.0 cm³/mol. The Morgan fingerprint density at radius 3 is 2.83 bits per heavy atom. The average Bonchev–Trinajstić information content (AvgIpc) is 2.39. The third-order valence-corrected chi connectivity index (χ3v) is 2.51. The minimum absolute atomic E-state index is 0.340. The van der Waals surface area contributed by atoms with Crippen LogP contribution >= 0.6 is 0 Å². The normalized spacial score (nSPS) is 10.3. The highest BCUT2D eigenvalue weighted by atomic mass is 16.1. The van der Waals surface area contributed by atoms with Gasteiger partial charge >= 0.3 is 5.69 Å². The Morgan fingerprint density at radius 2 is 2.17 bits per heavy atom. The van der Waals surface area contributed by atoms with E-state index in [9.17, 15) is 4.79 Å². The van der Waals surface area contributed by atoms with Gasteiger partial charge in [0.1, 0.15) is 12.1 Å². The molecule has 0 aliphatic carbocycles. The molecular formula is C12H15N5O. The maximum Gasteiger partial charge on any atom is 0.357 e. The summed E-state index contributed by atoms with van der Waals surface area (Å²) in [4.78, 5) is 24.1. The van der Waals surface area contributed by atoms with Crippen molar-refractivity contribution in [2.45, 2.75) is 20.3 Å². The average molecular weight is 245 g/mol. The van der Waals surface area contributed by atoms with Crippen molar-refractivity contribution in [3.8, 4) is 5.82 Å². The summed E-state index contributed by atoms with van der Waals surface area (Å²) in [6, 6.07) is 3.79. The second-order valence-corrected chi connectivity index (χ2v) is 3.70. The molecule has 2 rings (SSSR count). The maximum absolute atomic E-state index is 11.9. The van der Waals surface area contributed by atoms with E-state index in [1.165, 1.54) is 10.9 Å². The van der Waals surface area contributed by atoms with Crippen LogP contribution in [-0.4, -0.2) is 26.1 Å². The maximum atomic E-state index is 11.9. The molecule has 6 nitrogen and oxygen atoms in total. The highest BCUT2D eigenvalue weighted by molar-refractivity contribution is 5.33. The fraction of sp³-hybridized carbons (Fsp3) is 0.333. The highest BCUT2D eigenvalue weighted by Gasteiger charge is 2.08. The minimum atomic E-state index is -0.380. The number of rotatable bonds is 4. The van der Waals surface area contributed by atoms with E-state index in [2.05, 4.69) is 20.3 Å². The Bertz CT molecular complexity index is 593. The number of hydrogen-bond donors (Lipinski definition) is 1. The van der Waals surface area contributed by atoms with Gasteiger partial charge in [0, 0.05) is 12.7 Å². The van der Waals surface area contributed by atoms with Gasteiger partial charge in [0.15, 0.2) is 0 Å². The first-order valence-electron chi connectivity index (χ1n) is 5.90. The zero-order valence-corrected chi connectivity index (χ0v) is 10.4. The molecule has 2 heterocycles. The molecular weight excluding hydrogens is 230 g/mol.